The zero-order valence-corrected chi connectivity index (χ0v) is 12.5. The van der Waals surface area contributed by atoms with Crippen molar-refractivity contribution in [2.75, 3.05) is 5.32 Å². The molecule has 0 saturated carbocycles. The molecule has 2 heterocycles. The number of nitrogens with one attached hydrogen (secondary N) is 3. The lowest BCUT2D eigenvalue weighted by Gasteiger charge is -2.05. The molecule has 0 atom stereocenters. The van der Waals surface area contributed by atoms with Crippen LogP contribution >= 0.6 is 0 Å². The van der Waals surface area contributed by atoms with Crippen molar-refractivity contribution < 1.29 is 18.0 Å². The number of aromatic amines is 2. The van der Waals surface area contributed by atoms with Gasteiger partial charge in [0.2, 0.25) is 0 Å². The Morgan fingerprint density at radius 1 is 1.17 bits per heavy atom. The van der Waals surface area contributed by atoms with Crippen molar-refractivity contribution in [2.24, 2.45) is 0 Å². The first-order valence-electron chi connectivity index (χ1n) is 7.03. The zero-order valence-electron chi connectivity index (χ0n) is 12.5. The van der Waals surface area contributed by atoms with Gasteiger partial charge in [0, 0.05) is 23.1 Å². The van der Waals surface area contributed by atoms with E-state index in [0.29, 0.717) is 16.8 Å². The van der Waals surface area contributed by atoms with E-state index in [1.165, 1.54) is 0 Å². The molecule has 24 heavy (non-hydrogen) atoms. The molecule has 0 saturated heterocycles. The third-order valence-electron chi connectivity index (χ3n) is 3.52. The average Bonchev–Trinajstić information content (AvgIpc) is 3.16. The van der Waals surface area contributed by atoms with Crippen LogP contribution in [0.3, 0.4) is 0 Å². The number of anilines is 1. The summed E-state index contributed by atoms with van der Waals surface area (Å²) in [6, 6.07) is 9.01. The van der Waals surface area contributed by atoms with Crippen LogP contribution in [0.4, 0.5) is 18.9 Å². The summed E-state index contributed by atoms with van der Waals surface area (Å²) in [6.45, 7) is 1.79. The van der Waals surface area contributed by atoms with Crippen LogP contribution in [0.25, 0.3) is 11.3 Å². The number of hydrogen-bond donors (Lipinski definition) is 3. The normalized spacial score (nSPS) is 11.5. The van der Waals surface area contributed by atoms with E-state index in [9.17, 15) is 18.0 Å². The number of amides is 1. The predicted octanol–water partition coefficient (Wildman–Crippen LogP) is 3.98. The molecule has 0 bridgehead atoms. The Balaban J connectivity index is 1.75. The second-order valence-electron chi connectivity index (χ2n) is 5.21. The van der Waals surface area contributed by atoms with E-state index in [0.717, 1.165) is 11.8 Å². The summed E-state index contributed by atoms with van der Waals surface area (Å²) in [4.78, 5) is 15.0. The van der Waals surface area contributed by atoms with Crippen LogP contribution in [0, 0.1) is 6.92 Å². The lowest BCUT2D eigenvalue weighted by Crippen LogP contribution is -2.12. The number of nitrogens with zero attached hydrogens (tertiary/aromatic N) is 1. The van der Waals surface area contributed by atoms with E-state index in [4.69, 9.17) is 0 Å². The quantitative estimate of drug-likeness (QED) is 0.678. The highest BCUT2D eigenvalue weighted by atomic mass is 19.4. The zero-order chi connectivity index (χ0) is 17.3. The molecule has 0 aliphatic carbocycles. The van der Waals surface area contributed by atoms with Crippen LogP contribution in [0.2, 0.25) is 0 Å². The number of benzene rings is 1. The summed E-state index contributed by atoms with van der Waals surface area (Å²) in [5.74, 6) is -0.263. The highest BCUT2D eigenvalue weighted by molar-refractivity contribution is 6.05. The molecule has 0 unspecified atom stereocenters. The monoisotopic (exact) mass is 334 g/mol. The summed E-state index contributed by atoms with van der Waals surface area (Å²) in [5, 5.41) is 8.35. The maximum Gasteiger partial charge on any atom is 0.432 e. The van der Waals surface area contributed by atoms with Gasteiger partial charge in [-0.3, -0.25) is 9.89 Å². The van der Waals surface area contributed by atoms with Crippen molar-refractivity contribution in [2.45, 2.75) is 13.1 Å². The summed E-state index contributed by atoms with van der Waals surface area (Å²) in [6.07, 6.45) is -2.79. The minimum absolute atomic E-state index is 0.182. The molecular weight excluding hydrogens is 321 g/mol. The van der Waals surface area contributed by atoms with Crippen molar-refractivity contribution in [3.05, 3.63) is 59.5 Å². The molecule has 8 heteroatoms. The molecule has 0 aliphatic rings. The van der Waals surface area contributed by atoms with Crippen molar-refractivity contribution in [1.82, 2.24) is 15.2 Å². The predicted molar refractivity (Wildman–Crippen MR) is 82.5 cm³/mol. The van der Waals surface area contributed by atoms with Crippen molar-refractivity contribution in [3.8, 4) is 11.3 Å². The molecule has 0 aliphatic heterocycles. The van der Waals surface area contributed by atoms with Crippen molar-refractivity contribution >= 4 is 11.6 Å². The first kappa shape index (κ1) is 15.9. The third kappa shape index (κ3) is 3.17. The first-order valence-corrected chi connectivity index (χ1v) is 7.03. The molecule has 5 nitrogen and oxygen atoms in total. The second-order valence-corrected chi connectivity index (χ2v) is 5.21. The Labute approximate surface area is 134 Å². The summed E-state index contributed by atoms with van der Waals surface area (Å²) < 4.78 is 37.7. The van der Waals surface area contributed by atoms with Gasteiger partial charge in [-0.25, -0.2) is 0 Å². The average molecular weight is 334 g/mol. The number of H-pyrrole nitrogens is 2. The fraction of sp³-hybridized carbons (Fsp3) is 0.125. The lowest BCUT2D eigenvalue weighted by molar-refractivity contribution is -0.141. The summed E-state index contributed by atoms with van der Waals surface area (Å²) in [5.41, 5.74) is 1.61. The summed E-state index contributed by atoms with van der Waals surface area (Å²) in [7, 11) is 0. The van der Waals surface area contributed by atoms with E-state index in [1.54, 1.807) is 43.5 Å². The smallest absolute Gasteiger partial charge is 0.365 e. The maximum absolute atomic E-state index is 12.6. The highest BCUT2D eigenvalue weighted by Crippen LogP contribution is 2.30. The Bertz CT molecular complexity index is 862. The van der Waals surface area contributed by atoms with E-state index in [-0.39, 0.29) is 11.6 Å². The maximum atomic E-state index is 12.6. The molecule has 1 amide bonds. The fourth-order valence-corrected chi connectivity index (χ4v) is 2.24. The molecular formula is C16H13F3N4O. The van der Waals surface area contributed by atoms with Gasteiger partial charge < -0.3 is 10.3 Å². The number of hydrogen-bond acceptors (Lipinski definition) is 2. The number of aromatic nitrogens is 3. The standard InChI is InChI=1S/C16H13F3N4O/c1-9-12(6-7-20-9)15(24)21-11-4-2-10(3-5-11)13-8-14(23-22-13)16(17,18)19/h2-8,20H,1H3,(H,21,24)(H,22,23). The molecule has 1 aromatic carbocycles. The molecule has 124 valence electrons. The van der Waals surface area contributed by atoms with Gasteiger partial charge in [-0.15, -0.1) is 0 Å². The fourth-order valence-electron chi connectivity index (χ4n) is 2.24. The van der Waals surface area contributed by atoms with Crippen LogP contribution in [0.5, 0.6) is 0 Å². The molecule has 3 rings (SSSR count). The van der Waals surface area contributed by atoms with E-state index in [1.807, 2.05) is 5.10 Å². The summed E-state index contributed by atoms with van der Waals surface area (Å²) >= 11 is 0. The van der Waals surface area contributed by atoms with Gasteiger partial charge in [0.25, 0.3) is 5.91 Å². The molecule has 3 aromatic rings. The van der Waals surface area contributed by atoms with E-state index >= 15 is 0 Å². The number of carbonyl (C=O) groups excluding carboxylic acids is 1. The van der Waals surface area contributed by atoms with Crippen LogP contribution in [-0.4, -0.2) is 21.1 Å². The van der Waals surface area contributed by atoms with Crippen LogP contribution in [-0.2, 0) is 6.18 Å². The first-order chi connectivity index (χ1) is 11.3. The van der Waals surface area contributed by atoms with Gasteiger partial charge in [-0.1, -0.05) is 12.1 Å². The van der Waals surface area contributed by atoms with E-state index < -0.39 is 11.9 Å². The molecule has 3 N–H and O–H groups in total. The van der Waals surface area contributed by atoms with Crippen LogP contribution in [0.15, 0.2) is 42.6 Å². The lowest BCUT2D eigenvalue weighted by atomic mass is 10.1. The Morgan fingerprint density at radius 2 is 1.88 bits per heavy atom. The Hall–Kier alpha value is -3.03. The van der Waals surface area contributed by atoms with Gasteiger partial charge in [-0.2, -0.15) is 18.3 Å². The third-order valence-corrected chi connectivity index (χ3v) is 3.52. The number of carbonyl (C=O) groups is 1. The van der Waals surface area contributed by atoms with Gasteiger partial charge in [0.15, 0.2) is 0 Å². The van der Waals surface area contributed by atoms with Gasteiger partial charge in [-0.05, 0) is 31.2 Å². The highest BCUT2D eigenvalue weighted by Gasteiger charge is 2.33. The Kier molecular flexibility index (Phi) is 3.88. The molecule has 2 aromatic heterocycles. The second kappa shape index (κ2) is 5.88. The number of aryl methyl sites for hydroxylation is 1. The van der Waals surface area contributed by atoms with Crippen molar-refractivity contribution in [1.29, 1.82) is 0 Å². The topological polar surface area (TPSA) is 73.6 Å². The SMILES string of the molecule is Cc1[nH]ccc1C(=O)Nc1ccc(-c2cc(C(F)(F)F)[nH]n2)cc1. The van der Waals surface area contributed by atoms with E-state index in [2.05, 4.69) is 15.4 Å². The Morgan fingerprint density at radius 3 is 2.42 bits per heavy atom. The van der Waals surface area contributed by atoms with Gasteiger partial charge >= 0.3 is 6.18 Å². The molecule has 0 radical (unpaired) electrons. The largest absolute Gasteiger partial charge is 0.432 e. The molecule has 0 fully saturated rings. The number of halogens is 3. The minimum Gasteiger partial charge on any atom is -0.365 e. The van der Waals surface area contributed by atoms with Crippen molar-refractivity contribution in [3.63, 3.8) is 0 Å². The number of alkyl halides is 3. The minimum atomic E-state index is -4.46. The van der Waals surface area contributed by atoms with Gasteiger partial charge in [0.05, 0.1) is 11.3 Å². The van der Waals surface area contributed by atoms with Crippen LogP contribution in [0.1, 0.15) is 21.7 Å². The number of rotatable bonds is 3. The molecule has 0 spiro atoms. The van der Waals surface area contributed by atoms with Crippen LogP contribution < -0.4 is 5.32 Å². The van der Waals surface area contributed by atoms with Gasteiger partial charge in [0.1, 0.15) is 5.69 Å².